The third-order valence-corrected chi connectivity index (χ3v) is 4.41. The zero-order valence-electron chi connectivity index (χ0n) is 14.2. The molecule has 0 heterocycles. The molecule has 3 aromatic rings. The molecule has 1 amide bonds. The molecule has 3 rings (SSSR count). The molecule has 0 aliphatic carbocycles. The van der Waals surface area contributed by atoms with Gasteiger partial charge in [-0.15, -0.1) is 0 Å². The number of carbonyl (C=O) groups excluding carboxylic acids is 1. The Balaban J connectivity index is 1.53. The van der Waals surface area contributed by atoms with Crippen LogP contribution in [0.1, 0.15) is 21.5 Å². The first-order valence-corrected chi connectivity index (χ1v) is 9.33. The minimum Gasteiger partial charge on any atom is -0.489 e. The monoisotopic (exact) mass is 442 g/mol. The van der Waals surface area contributed by atoms with Gasteiger partial charge in [-0.2, -0.15) is 5.10 Å². The van der Waals surface area contributed by atoms with Crippen molar-refractivity contribution in [1.29, 1.82) is 0 Å². The third-order valence-electron chi connectivity index (χ3n) is 3.66. The first-order valence-electron chi connectivity index (χ1n) is 8.16. The normalized spacial score (nSPS) is 10.7. The lowest BCUT2D eigenvalue weighted by Gasteiger charge is -2.07. The lowest BCUT2D eigenvalue weighted by molar-refractivity contribution is 0.0955. The van der Waals surface area contributed by atoms with E-state index in [2.05, 4.69) is 26.5 Å². The van der Waals surface area contributed by atoms with Crippen LogP contribution in [0, 0.1) is 0 Å². The molecule has 4 nitrogen and oxygen atoms in total. The molecule has 0 saturated carbocycles. The fraction of sp³-hybridized carbons (Fsp3) is 0.0476. The zero-order valence-corrected chi connectivity index (χ0v) is 16.6. The fourth-order valence-electron chi connectivity index (χ4n) is 2.27. The number of nitrogens with zero attached hydrogens (tertiary/aromatic N) is 1. The zero-order chi connectivity index (χ0) is 19.1. The standard InChI is InChI=1S/C21H16BrClN2O2/c22-18-3-1-2-16(12-18)13-24-25-21(26)17-6-10-20(11-7-17)27-14-15-4-8-19(23)9-5-15/h1-13H,14H2,(H,25,26)/b24-13-. The van der Waals surface area contributed by atoms with Crippen molar-refractivity contribution in [1.82, 2.24) is 5.43 Å². The van der Waals surface area contributed by atoms with E-state index in [1.54, 1.807) is 30.5 Å². The number of ether oxygens (including phenoxy) is 1. The molecule has 0 unspecified atom stereocenters. The summed E-state index contributed by atoms with van der Waals surface area (Å²) in [6.45, 7) is 0.430. The largest absolute Gasteiger partial charge is 0.489 e. The van der Waals surface area contributed by atoms with Crippen LogP contribution in [0.15, 0.2) is 82.4 Å². The van der Waals surface area contributed by atoms with Gasteiger partial charge in [-0.05, 0) is 59.7 Å². The first-order chi connectivity index (χ1) is 13.1. The minimum atomic E-state index is -0.287. The van der Waals surface area contributed by atoms with E-state index in [1.807, 2.05) is 48.5 Å². The smallest absolute Gasteiger partial charge is 0.271 e. The summed E-state index contributed by atoms with van der Waals surface area (Å²) in [5, 5.41) is 4.67. The van der Waals surface area contributed by atoms with E-state index < -0.39 is 0 Å². The van der Waals surface area contributed by atoms with Crippen molar-refractivity contribution in [2.45, 2.75) is 6.61 Å². The Morgan fingerprint density at radius 1 is 1.07 bits per heavy atom. The Hall–Kier alpha value is -2.63. The van der Waals surface area contributed by atoms with Gasteiger partial charge in [0.05, 0.1) is 6.21 Å². The van der Waals surface area contributed by atoms with Crippen LogP contribution < -0.4 is 10.2 Å². The van der Waals surface area contributed by atoms with Crippen molar-refractivity contribution >= 4 is 39.7 Å². The topological polar surface area (TPSA) is 50.7 Å². The second-order valence-corrected chi connectivity index (χ2v) is 7.05. The van der Waals surface area contributed by atoms with Gasteiger partial charge < -0.3 is 4.74 Å². The predicted octanol–water partition coefficient (Wildman–Crippen LogP) is 5.45. The second-order valence-electron chi connectivity index (χ2n) is 5.69. The molecule has 3 aromatic carbocycles. The maximum absolute atomic E-state index is 12.1. The van der Waals surface area contributed by atoms with Crippen molar-refractivity contribution in [3.63, 3.8) is 0 Å². The number of nitrogens with one attached hydrogen (secondary N) is 1. The Bertz CT molecular complexity index is 941. The van der Waals surface area contributed by atoms with Crippen molar-refractivity contribution in [2.75, 3.05) is 0 Å². The Morgan fingerprint density at radius 2 is 1.81 bits per heavy atom. The van der Waals surface area contributed by atoms with Crippen molar-refractivity contribution < 1.29 is 9.53 Å². The molecule has 0 bridgehead atoms. The number of amides is 1. The number of hydrazone groups is 1. The molecule has 0 aromatic heterocycles. The lowest BCUT2D eigenvalue weighted by atomic mass is 10.2. The number of rotatable bonds is 6. The first kappa shape index (κ1) is 19.1. The number of halogens is 2. The predicted molar refractivity (Wildman–Crippen MR) is 111 cm³/mol. The van der Waals surface area contributed by atoms with E-state index in [0.717, 1.165) is 15.6 Å². The molecule has 0 aliphatic heterocycles. The molecule has 0 radical (unpaired) electrons. The van der Waals surface area contributed by atoms with E-state index >= 15 is 0 Å². The summed E-state index contributed by atoms with van der Waals surface area (Å²) >= 11 is 9.25. The maximum Gasteiger partial charge on any atom is 0.271 e. The number of carbonyl (C=O) groups is 1. The highest BCUT2D eigenvalue weighted by atomic mass is 79.9. The van der Waals surface area contributed by atoms with Crippen LogP contribution in [0.3, 0.4) is 0 Å². The van der Waals surface area contributed by atoms with Crippen molar-refractivity contribution in [3.8, 4) is 5.75 Å². The van der Waals surface area contributed by atoms with Crippen LogP contribution in [0.2, 0.25) is 5.02 Å². The third kappa shape index (κ3) is 5.94. The molecule has 136 valence electrons. The van der Waals surface area contributed by atoms with Gasteiger partial charge >= 0.3 is 0 Å². The minimum absolute atomic E-state index is 0.287. The van der Waals surface area contributed by atoms with Gasteiger partial charge in [-0.25, -0.2) is 5.43 Å². The number of hydrogen-bond donors (Lipinski definition) is 1. The Kier molecular flexibility index (Phi) is 6.63. The summed E-state index contributed by atoms with van der Waals surface area (Å²) in [6, 6.07) is 22.0. The van der Waals surface area contributed by atoms with Crippen LogP contribution in [-0.2, 0) is 6.61 Å². The summed E-state index contributed by atoms with van der Waals surface area (Å²) in [6.07, 6.45) is 1.59. The van der Waals surface area contributed by atoms with E-state index in [0.29, 0.717) is 22.9 Å². The van der Waals surface area contributed by atoms with Gasteiger partial charge in [0.2, 0.25) is 0 Å². The molecule has 27 heavy (non-hydrogen) atoms. The van der Waals surface area contributed by atoms with Crippen molar-refractivity contribution in [3.05, 3.63) is 99.0 Å². The summed E-state index contributed by atoms with van der Waals surface area (Å²) in [5.74, 6) is 0.393. The average molecular weight is 444 g/mol. The fourth-order valence-corrected chi connectivity index (χ4v) is 2.81. The van der Waals surface area contributed by atoms with Crippen molar-refractivity contribution in [2.24, 2.45) is 5.10 Å². The van der Waals surface area contributed by atoms with Crippen LogP contribution in [0.5, 0.6) is 5.75 Å². The summed E-state index contributed by atoms with van der Waals surface area (Å²) in [5.41, 5.74) is 4.91. The molecule has 0 fully saturated rings. The SMILES string of the molecule is O=C(N/N=C\c1cccc(Br)c1)c1ccc(OCc2ccc(Cl)cc2)cc1. The van der Waals surface area contributed by atoms with Crippen LogP contribution >= 0.6 is 27.5 Å². The van der Waals surface area contributed by atoms with Gasteiger partial charge in [0.1, 0.15) is 12.4 Å². The van der Waals surface area contributed by atoms with Crippen LogP contribution in [0.4, 0.5) is 0 Å². The molecule has 1 N–H and O–H groups in total. The molecule has 6 heteroatoms. The molecule has 0 atom stereocenters. The lowest BCUT2D eigenvalue weighted by Crippen LogP contribution is -2.17. The van der Waals surface area contributed by atoms with Gasteiger partial charge in [-0.1, -0.05) is 51.8 Å². The maximum atomic E-state index is 12.1. The quantitative estimate of drug-likeness (QED) is 0.407. The summed E-state index contributed by atoms with van der Waals surface area (Å²) in [7, 11) is 0. The molecular formula is C21H16BrClN2O2. The van der Waals surface area contributed by atoms with Gasteiger partial charge in [-0.3, -0.25) is 4.79 Å². The number of benzene rings is 3. The second kappa shape index (κ2) is 9.35. The van der Waals surface area contributed by atoms with Crippen LogP contribution in [0.25, 0.3) is 0 Å². The molecule has 0 saturated heterocycles. The van der Waals surface area contributed by atoms with E-state index in [4.69, 9.17) is 16.3 Å². The highest BCUT2D eigenvalue weighted by Gasteiger charge is 2.04. The number of hydrogen-bond acceptors (Lipinski definition) is 3. The van der Waals surface area contributed by atoms with E-state index in [-0.39, 0.29) is 5.91 Å². The Morgan fingerprint density at radius 3 is 2.52 bits per heavy atom. The van der Waals surface area contributed by atoms with Gasteiger partial charge in [0.15, 0.2) is 0 Å². The highest BCUT2D eigenvalue weighted by molar-refractivity contribution is 9.10. The molecule has 0 spiro atoms. The Labute approximate surface area is 171 Å². The average Bonchev–Trinajstić information content (AvgIpc) is 2.68. The molecular weight excluding hydrogens is 428 g/mol. The summed E-state index contributed by atoms with van der Waals surface area (Å²) < 4.78 is 6.66. The van der Waals surface area contributed by atoms with Crippen LogP contribution in [-0.4, -0.2) is 12.1 Å². The summed E-state index contributed by atoms with van der Waals surface area (Å²) in [4.78, 5) is 12.1. The molecule has 0 aliphatic rings. The highest BCUT2D eigenvalue weighted by Crippen LogP contribution is 2.16. The van der Waals surface area contributed by atoms with Gasteiger partial charge in [0, 0.05) is 15.1 Å². The van der Waals surface area contributed by atoms with E-state index in [1.165, 1.54) is 0 Å². The van der Waals surface area contributed by atoms with E-state index in [9.17, 15) is 4.79 Å². The van der Waals surface area contributed by atoms with Gasteiger partial charge in [0.25, 0.3) is 5.91 Å².